The second-order valence-electron chi connectivity index (χ2n) is 4.38. The predicted octanol–water partition coefficient (Wildman–Crippen LogP) is 0.384. The zero-order valence-corrected chi connectivity index (χ0v) is 10.2. The Labute approximate surface area is 102 Å². The third-order valence-electron chi connectivity index (χ3n) is 3.15. The maximum atomic E-state index is 5.54. The van der Waals surface area contributed by atoms with E-state index in [4.69, 9.17) is 5.73 Å². The van der Waals surface area contributed by atoms with Crippen LogP contribution < -0.4 is 16.0 Å². The van der Waals surface area contributed by atoms with E-state index in [1.54, 1.807) is 12.4 Å². The van der Waals surface area contributed by atoms with Crippen molar-refractivity contribution in [2.75, 3.05) is 31.1 Å². The molecule has 5 nitrogen and oxygen atoms in total. The first-order valence-electron chi connectivity index (χ1n) is 6.36. The van der Waals surface area contributed by atoms with Gasteiger partial charge in [-0.2, -0.15) is 0 Å². The summed E-state index contributed by atoms with van der Waals surface area (Å²) in [7, 11) is 0. The van der Waals surface area contributed by atoms with Crippen molar-refractivity contribution < 1.29 is 0 Å². The first-order valence-corrected chi connectivity index (χ1v) is 6.36. The molecule has 1 saturated heterocycles. The normalized spacial score (nSPS) is 20.5. The van der Waals surface area contributed by atoms with Gasteiger partial charge in [0.1, 0.15) is 0 Å². The lowest BCUT2D eigenvalue weighted by molar-refractivity contribution is 0.435. The van der Waals surface area contributed by atoms with Crippen molar-refractivity contribution in [1.82, 2.24) is 15.3 Å². The van der Waals surface area contributed by atoms with Crippen LogP contribution in [0, 0.1) is 0 Å². The van der Waals surface area contributed by atoms with Crippen LogP contribution in [0.25, 0.3) is 0 Å². The van der Waals surface area contributed by atoms with Crippen molar-refractivity contribution in [3.05, 3.63) is 18.5 Å². The van der Waals surface area contributed by atoms with Crippen molar-refractivity contribution in [2.45, 2.75) is 25.3 Å². The van der Waals surface area contributed by atoms with E-state index in [1.807, 2.05) is 6.07 Å². The lowest BCUT2D eigenvalue weighted by Gasteiger charge is -2.36. The van der Waals surface area contributed by atoms with Crippen LogP contribution in [0.3, 0.4) is 0 Å². The number of hydrogen-bond acceptors (Lipinski definition) is 5. The van der Waals surface area contributed by atoms with Crippen molar-refractivity contribution in [3.8, 4) is 0 Å². The molecule has 1 aromatic rings. The van der Waals surface area contributed by atoms with Crippen LogP contribution in [-0.2, 0) is 0 Å². The molecule has 1 aliphatic heterocycles. The summed E-state index contributed by atoms with van der Waals surface area (Å²) in [6.07, 6.45) is 7.04. The van der Waals surface area contributed by atoms with Gasteiger partial charge in [-0.3, -0.25) is 0 Å². The molecule has 1 fully saturated rings. The Balaban J connectivity index is 1.97. The fraction of sp³-hybridized carbons (Fsp3) is 0.667. The van der Waals surface area contributed by atoms with Crippen LogP contribution in [0.1, 0.15) is 19.3 Å². The van der Waals surface area contributed by atoms with Crippen LogP contribution in [0.5, 0.6) is 0 Å². The SMILES string of the molecule is NCCCCC1CNCCN1c1ncccn1. The molecule has 0 amide bonds. The molecular formula is C12H21N5. The van der Waals surface area contributed by atoms with E-state index in [2.05, 4.69) is 20.2 Å². The van der Waals surface area contributed by atoms with Crippen molar-refractivity contribution in [2.24, 2.45) is 5.73 Å². The average Bonchev–Trinajstić information content (AvgIpc) is 2.41. The van der Waals surface area contributed by atoms with Crippen molar-refractivity contribution in [1.29, 1.82) is 0 Å². The maximum Gasteiger partial charge on any atom is 0.225 e. The summed E-state index contributed by atoms with van der Waals surface area (Å²) < 4.78 is 0. The highest BCUT2D eigenvalue weighted by molar-refractivity contribution is 5.31. The van der Waals surface area contributed by atoms with Gasteiger partial charge in [-0.05, 0) is 25.5 Å². The van der Waals surface area contributed by atoms with Gasteiger partial charge in [0.15, 0.2) is 0 Å². The summed E-state index contributed by atoms with van der Waals surface area (Å²) >= 11 is 0. The lowest BCUT2D eigenvalue weighted by atomic mass is 10.1. The molecule has 1 aromatic heterocycles. The van der Waals surface area contributed by atoms with Crippen molar-refractivity contribution in [3.63, 3.8) is 0 Å². The molecule has 0 saturated carbocycles. The van der Waals surface area contributed by atoms with Gasteiger partial charge in [0.05, 0.1) is 0 Å². The summed E-state index contributed by atoms with van der Waals surface area (Å²) in [6.45, 7) is 3.79. The fourth-order valence-electron chi connectivity index (χ4n) is 2.25. The number of piperazine rings is 1. The Hall–Kier alpha value is -1.20. The van der Waals surface area contributed by atoms with Crippen LogP contribution >= 0.6 is 0 Å². The summed E-state index contributed by atoms with van der Waals surface area (Å²) in [4.78, 5) is 11.0. The minimum Gasteiger partial charge on any atom is -0.335 e. The van der Waals surface area contributed by atoms with Gasteiger partial charge in [0, 0.05) is 38.1 Å². The largest absolute Gasteiger partial charge is 0.335 e. The Morgan fingerprint density at radius 2 is 2.18 bits per heavy atom. The van der Waals surface area contributed by atoms with Gasteiger partial charge < -0.3 is 16.0 Å². The van der Waals surface area contributed by atoms with Crippen LogP contribution in [-0.4, -0.2) is 42.2 Å². The number of hydrogen-bond donors (Lipinski definition) is 2. The second kappa shape index (κ2) is 6.51. The Morgan fingerprint density at radius 3 is 2.94 bits per heavy atom. The van der Waals surface area contributed by atoms with Gasteiger partial charge in [-0.25, -0.2) is 9.97 Å². The van der Waals surface area contributed by atoms with E-state index in [-0.39, 0.29) is 0 Å². The Kier molecular flexibility index (Phi) is 4.70. The minimum absolute atomic E-state index is 0.498. The van der Waals surface area contributed by atoms with E-state index < -0.39 is 0 Å². The van der Waals surface area contributed by atoms with Crippen molar-refractivity contribution >= 4 is 5.95 Å². The molecule has 0 aromatic carbocycles. The summed E-state index contributed by atoms with van der Waals surface area (Å²) in [5, 5.41) is 3.43. The predicted molar refractivity (Wildman–Crippen MR) is 68.9 cm³/mol. The van der Waals surface area contributed by atoms with Crippen LogP contribution in [0.2, 0.25) is 0 Å². The molecular weight excluding hydrogens is 214 g/mol. The van der Waals surface area contributed by atoms with E-state index >= 15 is 0 Å². The molecule has 0 radical (unpaired) electrons. The smallest absolute Gasteiger partial charge is 0.225 e. The molecule has 1 unspecified atom stereocenters. The highest BCUT2D eigenvalue weighted by Crippen LogP contribution is 2.16. The maximum absolute atomic E-state index is 5.54. The molecule has 3 N–H and O–H groups in total. The lowest BCUT2D eigenvalue weighted by Crippen LogP contribution is -2.52. The molecule has 1 atom stereocenters. The fourth-order valence-corrected chi connectivity index (χ4v) is 2.25. The second-order valence-corrected chi connectivity index (χ2v) is 4.38. The number of nitrogens with one attached hydrogen (secondary N) is 1. The van der Waals surface area contributed by atoms with Gasteiger partial charge in [0.2, 0.25) is 5.95 Å². The van der Waals surface area contributed by atoms with E-state index in [0.717, 1.165) is 45.0 Å². The van der Waals surface area contributed by atoms with Crippen LogP contribution in [0.15, 0.2) is 18.5 Å². The summed E-state index contributed by atoms with van der Waals surface area (Å²) in [5.74, 6) is 0.853. The van der Waals surface area contributed by atoms with E-state index in [9.17, 15) is 0 Å². The van der Waals surface area contributed by atoms with Gasteiger partial charge in [0.25, 0.3) is 0 Å². The highest BCUT2D eigenvalue weighted by atomic mass is 15.3. The standard InChI is InChI=1S/C12H21N5/c13-5-2-1-4-11-10-14-8-9-17(11)12-15-6-3-7-16-12/h3,6-7,11,14H,1-2,4-5,8-10,13H2. The molecule has 17 heavy (non-hydrogen) atoms. The van der Waals surface area contributed by atoms with Crippen LogP contribution in [0.4, 0.5) is 5.95 Å². The Morgan fingerprint density at radius 1 is 1.35 bits per heavy atom. The minimum atomic E-state index is 0.498. The average molecular weight is 235 g/mol. The molecule has 2 heterocycles. The number of unbranched alkanes of at least 4 members (excludes halogenated alkanes) is 1. The van der Waals surface area contributed by atoms with Gasteiger partial charge in [-0.15, -0.1) is 0 Å². The third kappa shape index (κ3) is 3.38. The Bertz CT molecular complexity index is 316. The molecule has 2 rings (SSSR count). The van der Waals surface area contributed by atoms with Gasteiger partial charge in [-0.1, -0.05) is 6.42 Å². The number of nitrogens with two attached hydrogens (primary N) is 1. The summed E-state index contributed by atoms with van der Waals surface area (Å²) in [5.41, 5.74) is 5.54. The molecule has 0 aliphatic carbocycles. The topological polar surface area (TPSA) is 67.1 Å². The molecule has 5 heteroatoms. The number of anilines is 1. The van der Waals surface area contributed by atoms with Gasteiger partial charge >= 0.3 is 0 Å². The molecule has 0 bridgehead atoms. The zero-order valence-electron chi connectivity index (χ0n) is 10.2. The molecule has 0 spiro atoms. The quantitative estimate of drug-likeness (QED) is 0.722. The monoisotopic (exact) mass is 235 g/mol. The highest BCUT2D eigenvalue weighted by Gasteiger charge is 2.23. The first kappa shape index (κ1) is 12.3. The van der Waals surface area contributed by atoms with E-state index in [0.29, 0.717) is 6.04 Å². The zero-order chi connectivity index (χ0) is 11.9. The number of rotatable bonds is 5. The van der Waals surface area contributed by atoms with E-state index in [1.165, 1.54) is 6.42 Å². The number of nitrogens with zero attached hydrogens (tertiary/aromatic N) is 3. The first-order chi connectivity index (χ1) is 8.42. The number of aromatic nitrogens is 2. The molecule has 1 aliphatic rings. The third-order valence-corrected chi connectivity index (χ3v) is 3.15. The summed E-state index contributed by atoms with van der Waals surface area (Å²) in [6, 6.07) is 2.35. The molecule has 94 valence electrons.